The number of hydrogen-bond donors (Lipinski definition) is 2. The maximum Gasteiger partial charge on any atom is 0.309 e. The van der Waals surface area contributed by atoms with E-state index in [0.717, 1.165) is 42.0 Å². The molecule has 2 saturated heterocycles. The summed E-state index contributed by atoms with van der Waals surface area (Å²) in [6, 6.07) is 0. The molecule has 4 rings (SSSR count). The second-order valence-corrected chi connectivity index (χ2v) is 12.7. The van der Waals surface area contributed by atoms with Crippen molar-refractivity contribution in [1.29, 1.82) is 0 Å². The fourth-order valence-corrected chi connectivity index (χ4v) is 6.63. The molecule has 36 heavy (non-hydrogen) atoms. The van der Waals surface area contributed by atoms with Crippen molar-refractivity contribution in [2.45, 2.75) is 116 Å². The Bertz CT molecular complexity index is 1010. The van der Waals surface area contributed by atoms with Gasteiger partial charge in [-0.05, 0) is 64.0 Å². The van der Waals surface area contributed by atoms with E-state index in [2.05, 4.69) is 11.9 Å². The molecule has 1 saturated carbocycles. The van der Waals surface area contributed by atoms with Crippen LogP contribution in [-0.2, 0) is 19.1 Å². The lowest BCUT2D eigenvalue weighted by Gasteiger charge is -2.42. The summed E-state index contributed by atoms with van der Waals surface area (Å²) < 4.78 is 12.0. The number of aliphatic hydroxyl groups excluding tert-OH is 2. The van der Waals surface area contributed by atoms with Crippen LogP contribution in [0.25, 0.3) is 6.08 Å². The first-order chi connectivity index (χ1) is 16.9. The molecule has 0 amide bonds. The highest BCUT2D eigenvalue weighted by Gasteiger charge is 2.53. The molecule has 0 radical (unpaired) electrons. The number of aryl methyl sites for hydroxylation is 1. The minimum absolute atomic E-state index is 0.0309. The van der Waals surface area contributed by atoms with E-state index in [1.54, 1.807) is 18.3 Å². The molecule has 1 aliphatic carbocycles. The summed E-state index contributed by atoms with van der Waals surface area (Å²) in [5.74, 6) is -1.22. The quantitative estimate of drug-likeness (QED) is 0.433. The van der Waals surface area contributed by atoms with E-state index < -0.39 is 35.6 Å². The Morgan fingerprint density at radius 3 is 2.61 bits per heavy atom. The minimum atomic E-state index is -1.16. The van der Waals surface area contributed by atoms with Crippen LogP contribution >= 0.6 is 11.3 Å². The number of cyclic esters (lactones) is 1. The summed E-state index contributed by atoms with van der Waals surface area (Å²) in [6.45, 7) is 9.70. The summed E-state index contributed by atoms with van der Waals surface area (Å²) in [6.07, 6.45) is 4.12. The normalized spacial score (nSPS) is 40.9. The first-order valence-electron chi connectivity index (χ1n) is 13.3. The van der Waals surface area contributed by atoms with Crippen LogP contribution in [0.15, 0.2) is 11.0 Å². The number of aromatic nitrogens is 1. The molecular weight excluding hydrogens is 478 g/mol. The summed E-state index contributed by atoms with van der Waals surface area (Å²) in [7, 11) is 0. The van der Waals surface area contributed by atoms with Crippen LogP contribution in [0.2, 0.25) is 0 Å². The molecule has 0 aromatic carbocycles. The smallest absolute Gasteiger partial charge is 0.309 e. The van der Waals surface area contributed by atoms with Gasteiger partial charge in [-0.3, -0.25) is 9.59 Å². The number of aliphatic hydroxyl groups is 2. The van der Waals surface area contributed by atoms with Crippen molar-refractivity contribution in [1.82, 2.24) is 4.98 Å². The third-order valence-electron chi connectivity index (χ3n) is 8.79. The van der Waals surface area contributed by atoms with Crippen LogP contribution in [0.1, 0.15) is 89.8 Å². The van der Waals surface area contributed by atoms with Gasteiger partial charge in [-0.2, -0.15) is 0 Å². The van der Waals surface area contributed by atoms with Crippen molar-refractivity contribution >= 4 is 29.2 Å². The second-order valence-electron chi connectivity index (χ2n) is 11.7. The standard InChI is InChI=1S/C28H41NO6S/c1-16-8-6-11-28(5)23(35-28)13-21(17(2)12-19-15-36-18(3)29-19)34-24(31)14-22(30)27(4)10-7-9-20(25(16)32)26(27)33/h12,15-16,20-23,25,30,32H,6-11,13-14H2,1-5H3/b17-12+/t16-,20+,21-,22-,23-,25-,27+,28+/m0/s1. The van der Waals surface area contributed by atoms with Gasteiger partial charge >= 0.3 is 5.97 Å². The van der Waals surface area contributed by atoms with E-state index >= 15 is 0 Å². The summed E-state index contributed by atoms with van der Waals surface area (Å²) in [4.78, 5) is 31.1. The molecule has 1 aromatic heterocycles. The van der Waals surface area contributed by atoms with Crippen LogP contribution in [0.4, 0.5) is 0 Å². The number of esters is 1. The zero-order chi connectivity index (χ0) is 26.3. The molecule has 1 aromatic rings. The van der Waals surface area contributed by atoms with Crippen LogP contribution in [-0.4, -0.2) is 57.0 Å². The first-order valence-corrected chi connectivity index (χ1v) is 14.2. The second kappa shape index (κ2) is 10.6. The number of Topliss-reactive ketones (excluding diaryl/α,β-unsaturated/α-hetero) is 1. The molecule has 2 aliphatic heterocycles. The Morgan fingerprint density at radius 2 is 1.92 bits per heavy atom. The van der Waals surface area contributed by atoms with Crippen molar-refractivity contribution < 1.29 is 29.3 Å². The van der Waals surface area contributed by atoms with Crippen molar-refractivity contribution in [3.8, 4) is 0 Å². The lowest BCUT2D eigenvalue weighted by atomic mass is 9.63. The van der Waals surface area contributed by atoms with Crippen LogP contribution < -0.4 is 0 Å². The lowest BCUT2D eigenvalue weighted by Crippen LogP contribution is -2.50. The minimum Gasteiger partial charge on any atom is -0.458 e. The number of carbonyl (C=O) groups is 2. The fourth-order valence-electron chi connectivity index (χ4n) is 6.06. The van der Waals surface area contributed by atoms with Gasteiger partial charge < -0.3 is 19.7 Å². The van der Waals surface area contributed by atoms with Gasteiger partial charge in [0.15, 0.2) is 0 Å². The molecule has 2 bridgehead atoms. The van der Waals surface area contributed by atoms with Gasteiger partial charge in [0.05, 0.1) is 46.5 Å². The first kappa shape index (κ1) is 27.4. The molecule has 8 heteroatoms. The number of fused-ring (bicyclic) bond motifs is 3. The predicted octanol–water partition coefficient (Wildman–Crippen LogP) is 4.62. The molecule has 3 aliphatic rings. The van der Waals surface area contributed by atoms with E-state index in [-0.39, 0.29) is 29.8 Å². The van der Waals surface area contributed by atoms with Gasteiger partial charge in [0.25, 0.3) is 0 Å². The molecule has 0 spiro atoms. The molecule has 3 heterocycles. The van der Waals surface area contributed by atoms with E-state index in [1.165, 1.54) is 0 Å². The van der Waals surface area contributed by atoms with Crippen molar-refractivity contribution in [2.75, 3.05) is 0 Å². The van der Waals surface area contributed by atoms with E-state index in [1.807, 2.05) is 32.2 Å². The summed E-state index contributed by atoms with van der Waals surface area (Å²) in [5.41, 5.74) is 0.342. The van der Waals surface area contributed by atoms with Gasteiger partial charge in [-0.1, -0.05) is 26.7 Å². The number of carbonyl (C=O) groups excluding carboxylic acids is 2. The Morgan fingerprint density at radius 1 is 1.19 bits per heavy atom. The molecule has 200 valence electrons. The number of nitrogens with zero attached hydrogens (tertiary/aromatic N) is 1. The SMILES string of the molecule is C/C(=C\c1csc(C)n1)[C@@H]1C[C@@H]2O[C@]2(C)CCC[C@H](C)[C@H](O)[C@H]2CCC[C@@](C)(C2=O)[C@@H](O)CC(=O)O1. The molecule has 0 unspecified atom stereocenters. The van der Waals surface area contributed by atoms with Crippen molar-refractivity contribution in [3.05, 3.63) is 21.7 Å². The number of ether oxygens (including phenoxy) is 2. The third kappa shape index (κ3) is 5.77. The maximum absolute atomic E-state index is 13.5. The average molecular weight is 520 g/mol. The highest BCUT2D eigenvalue weighted by Crippen LogP contribution is 2.46. The highest BCUT2D eigenvalue weighted by atomic mass is 32.1. The Hall–Kier alpha value is -1.61. The zero-order valence-electron chi connectivity index (χ0n) is 22.2. The number of thiazole rings is 1. The van der Waals surface area contributed by atoms with Crippen molar-refractivity contribution in [2.24, 2.45) is 17.3 Å². The third-order valence-corrected chi connectivity index (χ3v) is 9.58. The van der Waals surface area contributed by atoms with Gasteiger partial charge in [-0.25, -0.2) is 4.98 Å². The largest absolute Gasteiger partial charge is 0.458 e. The number of hydrogen-bond acceptors (Lipinski definition) is 8. The van der Waals surface area contributed by atoms with Gasteiger partial charge in [0.1, 0.15) is 11.9 Å². The number of epoxide rings is 1. The van der Waals surface area contributed by atoms with Crippen LogP contribution in [0.3, 0.4) is 0 Å². The van der Waals surface area contributed by atoms with E-state index in [9.17, 15) is 19.8 Å². The Kier molecular flexibility index (Phi) is 8.10. The molecule has 7 nitrogen and oxygen atoms in total. The summed E-state index contributed by atoms with van der Waals surface area (Å²) >= 11 is 1.57. The Balaban J connectivity index is 1.59. The van der Waals surface area contributed by atoms with Gasteiger partial charge in [-0.15, -0.1) is 11.3 Å². The number of ketones is 1. The zero-order valence-corrected chi connectivity index (χ0v) is 23.0. The Labute approximate surface area is 218 Å². The maximum atomic E-state index is 13.5. The highest BCUT2D eigenvalue weighted by molar-refractivity contribution is 7.09. The van der Waals surface area contributed by atoms with Gasteiger partial charge in [0, 0.05) is 17.7 Å². The lowest BCUT2D eigenvalue weighted by molar-refractivity contribution is -0.158. The molecule has 3 fully saturated rings. The fraction of sp³-hybridized carbons (Fsp3) is 0.750. The monoisotopic (exact) mass is 519 g/mol. The molecular formula is C28H41NO6S. The van der Waals surface area contributed by atoms with Crippen LogP contribution in [0.5, 0.6) is 0 Å². The van der Waals surface area contributed by atoms with Crippen LogP contribution in [0, 0.1) is 24.2 Å². The van der Waals surface area contributed by atoms with Gasteiger partial charge in [0.2, 0.25) is 0 Å². The average Bonchev–Trinajstić information content (AvgIpc) is 3.25. The van der Waals surface area contributed by atoms with E-state index in [0.29, 0.717) is 19.3 Å². The molecule has 2 N–H and O–H groups in total. The molecule has 8 atom stereocenters. The predicted molar refractivity (Wildman–Crippen MR) is 138 cm³/mol. The van der Waals surface area contributed by atoms with Crippen molar-refractivity contribution in [3.63, 3.8) is 0 Å². The van der Waals surface area contributed by atoms with E-state index in [4.69, 9.17) is 9.47 Å². The summed E-state index contributed by atoms with van der Waals surface area (Å²) in [5, 5.41) is 25.1. The topological polar surface area (TPSA) is 109 Å². The number of rotatable bonds is 2.